The van der Waals surface area contributed by atoms with E-state index in [0.717, 1.165) is 5.56 Å². The highest BCUT2D eigenvalue weighted by Crippen LogP contribution is 2.36. The highest BCUT2D eigenvalue weighted by atomic mass is 79.9. The zero-order valence-electron chi connectivity index (χ0n) is 16.9. The standard InChI is InChI=1S/C24H13Br2Cl2NO4/c1-12-4-2-3-5-15(12)23(30)32-21-17(25)8-13(9-18(21)26)10-20-24(31)33-22(29-20)16-7-6-14(27)11-19(16)28/h2-11H,1H3/b20-10-. The van der Waals surface area contributed by atoms with Crippen LogP contribution in [0.4, 0.5) is 0 Å². The summed E-state index contributed by atoms with van der Waals surface area (Å²) >= 11 is 19.0. The molecule has 0 saturated carbocycles. The third-order valence-corrected chi connectivity index (χ3v) is 6.39. The maximum Gasteiger partial charge on any atom is 0.363 e. The second kappa shape index (κ2) is 9.81. The predicted octanol–water partition coefficient (Wildman–Crippen LogP) is 7.39. The van der Waals surface area contributed by atoms with Gasteiger partial charge in [0.15, 0.2) is 11.4 Å². The minimum absolute atomic E-state index is 0.0924. The van der Waals surface area contributed by atoms with E-state index in [2.05, 4.69) is 36.9 Å². The number of rotatable bonds is 4. The molecule has 0 fully saturated rings. The van der Waals surface area contributed by atoms with Crippen molar-refractivity contribution in [3.63, 3.8) is 0 Å². The lowest BCUT2D eigenvalue weighted by Gasteiger charge is -2.11. The van der Waals surface area contributed by atoms with Gasteiger partial charge < -0.3 is 9.47 Å². The van der Waals surface area contributed by atoms with Crippen LogP contribution in [0.1, 0.15) is 27.0 Å². The van der Waals surface area contributed by atoms with E-state index in [0.29, 0.717) is 41.4 Å². The number of nitrogens with zero attached hydrogens (tertiary/aromatic N) is 1. The van der Waals surface area contributed by atoms with Crippen molar-refractivity contribution in [1.29, 1.82) is 0 Å². The lowest BCUT2D eigenvalue weighted by atomic mass is 10.1. The van der Waals surface area contributed by atoms with Crippen molar-refractivity contribution in [3.05, 3.63) is 102 Å². The third kappa shape index (κ3) is 5.22. The molecular formula is C24H13Br2Cl2NO4. The fraction of sp³-hybridized carbons (Fsp3) is 0.0417. The Balaban J connectivity index is 1.61. The molecule has 1 heterocycles. The Morgan fingerprint density at radius 3 is 2.42 bits per heavy atom. The molecule has 0 N–H and O–H groups in total. The molecule has 0 unspecified atom stereocenters. The van der Waals surface area contributed by atoms with Crippen molar-refractivity contribution in [2.45, 2.75) is 6.92 Å². The summed E-state index contributed by atoms with van der Waals surface area (Å²) < 4.78 is 11.9. The van der Waals surface area contributed by atoms with Crippen LogP contribution in [0.15, 0.2) is 74.2 Å². The van der Waals surface area contributed by atoms with E-state index in [-0.39, 0.29) is 11.6 Å². The van der Waals surface area contributed by atoms with Gasteiger partial charge in [-0.05, 0) is 92.4 Å². The van der Waals surface area contributed by atoms with E-state index in [9.17, 15) is 9.59 Å². The van der Waals surface area contributed by atoms with Gasteiger partial charge in [-0.2, -0.15) is 0 Å². The Morgan fingerprint density at radius 2 is 1.76 bits per heavy atom. The smallest absolute Gasteiger partial charge is 0.363 e. The van der Waals surface area contributed by atoms with Crippen LogP contribution in [0.25, 0.3) is 6.08 Å². The first kappa shape index (κ1) is 23.7. The molecule has 0 bridgehead atoms. The molecule has 4 rings (SSSR count). The highest BCUT2D eigenvalue weighted by molar-refractivity contribution is 9.11. The molecule has 0 radical (unpaired) electrons. The number of hydrogen-bond donors (Lipinski definition) is 0. The lowest BCUT2D eigenvalue weighted by molar-refractivity contribution is -0.129. The number of ether oxygens (including phenoxy) is 2. The Hall–Kier alpha value is -2.45. The van der Waals surface area contributed by atoms with Crippen LogP contribution in [0, 0.1) is 6.92 Å². The summed E-state index contributed by atoms with van der Waals surface area (Å²) in [4.78, 5) is 29.2. The number of esters is 2. The molecule has 3 aromatic rings. The zero-order chi connectivity index (χ0) is 23.7. The van der Waals surface area contributed by atoms with Crippen molar-refractivity contribution < 1.29 is 19.1 Å². The Bertz CT molecular complexity index is 1350. The zero-order valence-corrected chi connectivity index (χ0v) is 21.5. The van der Waals surface area contributed by atoms with Crippen LogP contribution >= 0.6 is 55.1 Å². The fourth-order valence-corrected chi connectivity index (χ4v) is 4.93. The van der Waals surface area contributed by atoms with Gasteiger partial charge in [0.2, 0.25) is 5.90 Å². The maximum atomic E-state index is 12.6. The molecule has 0 spiro atoms. The van der Waals surface area contributed by atoms with E-state index in [1.54, 1.807) is 48.5 Å². The van der Waals surface area contributed by atoms with Gasteiger partial charge in [0.1, 0.15) is 0 Å². The average molecular weight is 610 g/mol. The maximum absolute atomic E-state index is 12.6. The number of carbonyl (C=O) groups is 2. The minimum Gasteiger partial charge on any atom is -0.420 e. The van der Waals surface area contributed by atoms with Gasteiger partial charge in [-0.1, -0.05) is 41.4 Å². The second-order valence-corrected chi connectivity index (χ2v) is 9.53. The Morgan fingerprint density at radius 1 is 1.06 bits per heavy atom. The first-order valence-corrected chi connectivity index (χ1v) is 11.8. The monoisotopic (exact) mass is 607 g/mol. The van der Waals surface area contributed by atoms with E-state index < -0.39 is 11.9 Å². The van der Waals surface area contributed by atoms with Crippen LogP contribution in [-0.4, -0.2) is 17.8 Å². The normalized spacial score (nSPS) is 14.3. The van der Waals surface area contributed by atoms with Crippen molar-refractivity contribution >= 4 is 79.0 Å². The molecule has 3 aromatic carbocycles. The first-order valence-electron chi connectivity index (χ1n) is 9.48. The number of halogens is 4. The molecule has 33 heavy (non-hydrogen) atoms. The van der Waals surface area contributed by atoms with Crippen LogP contribution in [-0.2, 0) is 9.53 Å². The van der Waals surface area contributed by atoms with Crippen molar-refractivity contribution in [2.24, 2.45) is 4.99 Å². The highest BCUT2D eigenvalue weighted by Gasteiger charge is 2.26. The summed E-state index contributed by atoms with van der Waals surface area (Å²) in [6.45, 7) is 1.84. The van der Waals surface area contributed by atoms with Gasteiger partial charge in [0.05, 0.1) is 25.1 Å². The molecular weight excluding hydrogens is 597 g/mol. The predicted molar refractivity (Wildman–Crippen MR) is 135 cm³/mol. The van der Waals surface area contributed by atoms with Gasteiger partial charge in [0, 0.05) is 5.02 Å². The van der Waals surface area contributed by atoms with Gasteiger partial charge >= 0.3 is 11.9 Å². The van der Waals surface area contributed by atoms with Crippen LogP contribution in [0.5, 0.6) is 5.75 Å². The van der Waals surface area contributed by atoms with Gasteiger partial charge in [-0.3, -0.25) is 0 Å². The van der Waals surface area contributed by atoms with Gasteiger partial charge in [-0.15, -0.1) is 0 Å². The molecule has 1 aliphatic heterocycles. The summed E-state index contributed by atoms with van der Waals surface area (Å²) in [5.74, 6) is -0.682. The number of cyclic esters (lactones) is 1. The molecule has 0 saturated heterocycles. The van der Waals surface area contributed by atoms with Crippen LogP contribution in [0.2, 0.25) is 10.0 Å². The van der Waals surface area contributed by atoms with Crippen molar-refractivity contribution in [3.8, 4) is 5.75 Å². The number of aliphatic imine (C=N–C) groups is 1. The third-order valence-electron chi connectivity index (χ3n) is 4.67. The Labute approximate surface area is 216 Å². The second-order valence-electron chi connectivity index (χ2n) is 6.98. The minimum atomic E-state index is -0.613. The van der Waals surface area contributed by atoms with E-state index in [4.69, 9.17) is 32.7 Å². The number of carbonyl (C=O) groups excluding carboxylic acids is 2. The number of hydrogen-bond acceptors (Lipinski definition) is 5. The molecule has 0 aliphatic carbocycles. The average Bonchev–Trinajstić information content (AvgIpc) is 3.10. The quantitative estimate of drug-likeness (QED) is 0.176. The molecule has 9 heteroatoms. The fourth-order valence-electron chi connectivity index (χ4n) is 3.06. The van der Waals surface area contributed by atoms with E-state index in [1.807, 2.05) is 19.1 Å². The van der Waals surface area contributed by atoms with E-state index >= 15 is 0 Å². The molecule has 0 amide bonds. The molecule has 0 atom stereocenters. The van der Waals surface area contributed by atoms with Crippen molar-refractivity contribution in [2.75, 3.05) is 0 Å². The van der Waals surface area contributed by atoms with Gasteiger partial charge in [-0.25, -0.2) is 14.6 Å². The van der Waals surface area contributed by atoms with Crippen molar-refractivity contribution in [1.82, 2.24) is 0 Å². The van der Waals surface area contributed by atoms with Crippen LogP contribution < -0.4 is 4.74 Å². The molecule has 1 aliphatic rings. The number of aryl methyl sites for hydroxylation is 1. The number of benzene rings is 3. The lowest BCUT2D eigenvalue weighted by Crippen LogP contribution is -2.11. The van der Waals surface area contributed by atoms with Crippen LogP contribution in [0.3, 0.4) is 0 Å². The topological polar surface area (TPSA) is 65.0 Å². The van der Waals surface area contributed by atoms with E-state index in [1.165, 1.54) is 0 Å². The summed E-state index contributed by atoms with van der Waals surface area (Å²) in [5, 5.41) is 0.781. The molecule has 166 valence electrons. The SMILES string of the molecule is Cc1ccccc1C(=O)Oc1c(Br)cc(/C=C2\N=C(c3ccc(Cl)cc3Cl)OC2=O)cc1Br. The summed E-state index contributed by atoms with van der Waals surface area (Å²) in [6.07, 6.45) is 1.56. The summed E-state index contributed by atoms with van der Waals surface area (Å²) in [5.41, 5.74) is 2.46. The molecule has 0 aromatic heterocycles. The van der Waals surface area contributed by atoms with Gasteiger partial charge in [0.25, 0.3) is 0 Å². The molecule has 5 nitrogen and oxygen atoms in total. The summed E-state index contributed by atoms with van der Waals surface area (Å²) in [6, 6.07) is 15.4. The summed E-state index contributed by atoms with van der Waals surface area (Å²) in [7, 11) is 0. The largest absolute Gasteiger partial charge is 0.420 e. The Kier molecular flexibility index (Phi) is 7.05. The first-order chi connectivity index (χ1) is 15.7.